The van der Waals surface area contributed by atoms with Crippen LogP contribution in [0.5, 0.6) is 0 Å². The van der Waals surface area contributed by atoms with E-state index in [1.165, 1.54) is 16.2 Å². The van der Waals surface area contributed by atoms with Gasteiger partial charge in [0.25, 0.3) is 11.7 Å². The van der Waals surface area contributed by atoms with Gasteiger partial charge in [-0.3, -0.25) is 9.69 Å². The molecule has 5 rings (SSSR count). The molecule has 158 valence electrons. The van der Waals surface area contributed by atoms with Gasteiger partial charge in [0.1, 0.15) is 0 Å². The average molecular weight is 409 g/mol. The van der Waals surface area contributed by atoms with E-state index in [0.29, 0.717) is 25.9 Å². The Balaban J connectivity index is 1.33. The van der Waals surface area contributed by atoms with Crippen molar-refractivity contribution in [3.05, 3.63) is 59.7 Å². The Morgan fingerprint density at radius 3 is 2.57 bits per heavy atom. The van der Waals surface area contributed by atoms with Gasteiger partial charge in [0.2, 0.25) is 0 Å². The van der Waals surface area contributed by atoms with Crippen LogP contribution in [0.2, 0.25) is 0 Å². The van der Waals surface area contributed by atoms with E-state index in [0.717, 1.165) is 37.3 Å². The molecule has 30 heavy (non-hydrogen) atoms. The van der Waals surface area contributed by atoms with E-state index in [-0.39, 0.29) is 5.91 Å². The number of fused-ring (bicyclic) bond motifs is 2. The molecule has 3 aliphatic rings. The van der Waals surface area contributed by atoms with E-state index in [9.17, 15) is 4.79 Å². The summed E-state index contributed by atoms with van der Waals surface area (Å²) in [5.74, 6) is -1.33. The molecule has 1 N–H and O–H groups in total. The van der Waals surface area contributed by atoms with Gasteiger partial charge in [0.05, 0.1) is 44.6 Å². The smallest absolute Gasteiger partial charge is 0.296 e. The summed E-state index contributed by atoms with van der Waals surface area (Å²) in [6, 6.07) is 17.1. The van der Waals surface area contributed by atoms with E-state index in [1.807, 2.05) is 29.2 Å². The lowest BCUT2D eigenvalue weighted by Gasteiger charge is -2.40. The van der Waals surface area contributed by atoms with Gasteiger partial charge in [0.15, 0.2) is 6.67 Å². The minimum Gasteiger partial charge on any atom is -0.358 e. The molecule has 6 nitrogen and oxygen atoms in total. The van der Waals surface area contributed by atoms with Crippen molar-refractivity contribution in [1.82, 2.24) is 0 Å². The zero-order chi connectivity index (χ0) is 20.7. The van der Waals surface area contributed by atoms with E-state index < -0.39 is 5.79 Å². The minimum absolute atomic E-state index is 0.0792. The quantitative estimate of drug-likeness (QED) is 0.840. The van der Waals surface area contributed by atoms with Crippen molar-refractivity contribution in [2.45, 2.75) is 32.1 Å². The summed E-state index contributed by atoms with van der Waals surface area (Å²) in [5.41, 5.74) is 4.33. The van der Waals surface area contributed by atoms with Crippen LogP contribution in [0.4, 0.5) is 11.4 Å². The Labute approximate surface area is 178 Å². The zero-order valence-corrected chi connectivity index (χ0v) is 17.8. The summed E-state index contributed by atoms with van der Waals surface area (Å²) in [6.07, 6.45) is 0.820. The number of hydrogen-bond acceptors (Lipinski definition) is 4. The Morgan fingerprint density at radius 2 is 1.83 bits per heavy atom. The van der Waals surface area contributed by atoms with Crippen molar-refractivity contribution in [1.29, 1.82) is 0 Å². The fourth-order valence-electron chi connectivity index (χ4n) is 4.97. The molecule has 2 fully saturated rings. The SMILES string of the molecule is Cc1ccc(N2CC[NH+](CN3C(=O)C4(OCCCO4)c4ccccc43)CC2C)cc1. The molecule has 0 radical (unpaired) electrons. The summed E-state index contributed by atoms with van der Waals surface area (Å²) in [7, 11) is 0. The first-order valence-electron chi connectivity index (χ1n) is 10.9. The van der Waals surface area contributed by atoms with Gasteiger partial charge in [0, 0.05) is 11.3 Å². The number of anilines is 2. The molecular weight excluding hydrogens is 378 g/mol. The number of aryl methyl sites for hydroxylation is 1. The molecule has 6 heteroatoms. The lowest BCUT2D eigenvalue weighted by molar-refractivity contribution is -0.901. The topological polar surface area (TPSA) is 46.5 Å². The fourth-order valence-corrected chi connectivity index (χ4v) is 4.97. The molecule has 2 unspecified atom stereocenters. The first kappa shape index (κ1) is 19.5. The minimum atomic E-state index is -1.25. The third-order valence-electron chi connectivity index (χ3n) is 6.55. The Bertz CT molecular complexity index is 924. The Morgan fingerprint density at radius 1 is 1.10 bits per heavy atom. The number of nitrogens with zero attached hydrogens (tertiary/aromatic N) is 2. The lowest BCUT2D eigenvalue weighted by Crippen LogP contribution is -3.17. The first-order chi connectivity index (χ1) is 14.6. The highest BCUT2D eigenvalue weighted by atomic mass is 16.7. The number of benzene rings is 2. The van der Waals surface area contributed by atoms with Gasteiger partial charge in [-0.15, -0.1) is 0 Å². The van der Waals surface area contributed by atoms with Crippen LogP contribution >= 0.6 is 0 Å². The van der Waals surface area contributed by atoms with E-state index in [4.69, 9.17) is 9.47 Å². The highest BCUT2D eigenvalue weighted by Crippen LogP contribution is 2.44. The molecule has 3 heterocycles. The second-order valence-electron chi connectivity index (χ2n) is 8.66. The normalized spacial score (nSPS) is 25.6. The summed E-state index contributed by atoms with van der Waals surface area (Å²) < 4.78 is 11.9. The first-order valence-corrected chi connectivity index (χ1v) is 10.9. The summed E-state index contributed by atoms with van der Waals surface area (Å²) >= 11 is 0. The molecule has 0 aliphatic carbocycles. The average Bonchev–Trinajstić information content (AvgIpc) is 2.98. The second-order valence-corrected chi connectivity index (χ2v) is 8.66. The van der Waals surface area contributed by atoms with Crippen molar-refractivity contribution in [2.75, 3.05) is 49.3 Å². The number of hydrogen-bond donors (Lipinski definition) is 1. The molecule has 2 saturated heterocycles. The van der Waals surface area contributed by atoms with Gasteiger partial charge >= 0.3 is 0 Å². The molecule has 2 atom stereocenters. The Kier molecular flexibility index (Phi) is 5.01. The highest BCUT2D eigenvalue weighted by Gasteiger charge is 2.55. The summed E-state index contributed by atoms with van der Waals surface area (Å²) in [6.45, 7) is 9.06. The maximum Gasteiger partial charge on any atom is 0.296 e. The molecular formula is C24H30N3O3+. The summed E-state index contributed by atoms with van der Waals surface area (Å²) in [4.78, 5) is 19.2. The van der Waals surface area contributed by atoms with Gasteiger partial charge in [-0.05, 0) is 38.5 Å². The lowest BCUT2D eigenvalue weighted by atomic mass is 10.1. The van der Waals surface area contributed by atoms with Crippen molar-refractivity contribution in [2.24, 2.45) is 0 Å². The number of piperazine rings is 1. The van der Waals surface area contributed by atoms with Crippen LogP contribution in [0.3, 0.4) is 0 Å². The molecule has 2 aromatic rings. The van der Waals surface area contributed by atoms with Crippen LogP contribution in [-0.2, 0) is 20.1 Å². The number of carbonyl (C=O) groups is 1. The zero-order valence-electron chi connectivity index (χ0n) is 17.8. The van der Waals surface area contributed by atoms with Crippen LogP contribution < -0.4 is 14.7 Å². The van der Waals surface area contributed by atoms with Gasteiger partial charge < -0.3 is 19.3 Å². The number of para-hydroxylation sites is 1. The number of quaternary nitrogens is 1. The highest BCUT2D eigenvalue weighted by molar-refractivity contribution is 6.05. The maximum absolute atomic E-state index is 13.5. The standard InChI is InChI=1S/C24H29N3O3/c1-18-8-10-20(11-9-18)26-13-12-25(16-19(26)2)17-27-22-7-4-3-6-21(22)24(23(27)28)29-14-5-15-30-24/h3-4,6-11,19H,5,12-17H2,1-2H3/p+1. The van der Waals surface area contributed by atoms with E-state index in [2.05, 4.69) is 43.0 Å². The maximum atomic E-state index is 13.5. The fraction of sp³-hybridized carbons (Fsp3) is 0.458. The monoisotopic (exact) mass is 408 g/mol. The number of amides is 1. The van der Waals surface area contributed by atoms with Crippen LogP contribution in [-0.4, -0.2) is 51.5 Å². The molecule has 0 aromatic heterocycles. The molecule has 1 spiro atoms. The number of nitrogens with one attached hydrogen (secondary N) is 1. The van der Waals surface area contributed by atoms with Gasteiger partial charge in [-0.1, -0.05) is 35.9 Å². The molecule has 0 saturated carbocycles. The van der Waals surface area contributed by atoms with E-state index >= 15 is 0 Å². The van der Waals surface area contributed by atoms with Crippen LogP contribution in [0.1, 0.15) is 24.5 Å². The third-order valence-corrected chi connectivity index (χ3v) is 6.55. The molecule has 0 bridgehead atoms. The Hall–Kier alpha value is -2.41. The predicted octanol–water partition coefficient (Wildman–Crippen LogP) is 1.68. The summed E-state index contributed by atoms with van der Waals surface area (Å²) in [5, 5.41) is 0. The molecule has 2 aromatic carbocycles. The largest absolute Gasteiger partial charge is 0.358 e. The van der Waals surface area contributed by atoms with E-state index in [1.54, 1.807) is 0 Å². The van der Waals surface area contributed by atoms with Gasteiger partial charge in [-0.25, -0.2) is 0 Å². The second kappa shape index (κ2) is 7.69. The molecule has 1 amide bonds. The third kappa shape index (κ3) is 3.20. The van der Waals surface area contributed by atoms with Crippen LogP contribution in [0, 0.1) is 6.92 Å². The van der Waals surface area contributed by atoms with Crippen molar-refractivity contribution in [3.8, 4) is 0 Å². The molecule has 3 aliphatic heterocycles. The number of ether oxygens (including phenoxy) is 2. The number of carbonyl (C=O) groups excluding carboxylic acids is 1. The van der Waals surface area contributed by atoms with Gasteiger partial charge in [-0.2, -0.15) is 0 Å². The van der Waals surface area contributed by atoms with Crippen molar-refractivity contribution in [3.63, 3.8) is 0 Å². The predicted molar refractivity (Wildman–Crippen MR) is 116 cm³/mol. The van der Waals surface area contributed by atoms with Crippen molar-refractivity contribution < 1.29 is 19.2 Å². The number of rotatable bonds is 3. The van der Waals surface area contributed by atoms with Crippen molar-refractivity contribution >= 4 is 17.3 Å². The van der Waals surface area contributed by atoms with Crippen LogP contribution in [0.25, 0.3) is 0 Å². The van der Waals surface area contributed by atoms with Crippen LogP contribution in [0.15, 0.2) is 48.5 Å².